The third kappa shape index (κ3) is 4.79. The Morgan fingerprint density at radius 1 is 1.19 bits per heavy atom. The average Bonchev–Trinajstić information content (AvgIpc) is 2.48. The highest BCUT2D eigenvalue weighted by atomic mass is 16.2. The molecule has 0 atom stereocenters. The molecule has 21 heavy (non-hydrogen) atoms. The van der Waals surface area contributed by atoms with Crippen molar-refractivity contribution in [2.75, 3.05) is 18.9 Å². The van der Waals surface area contributed by atoms with Gasteiger partial charge in [0.2, 0.25) is 5.91 Å². The van der Waals surface area contributed by atoms with Crippen molar-refractivity contribution in [3.05, 3.63) is 65.7 Å². The fourth-order valence-electron chi connectivity index (χ4n) is 2.08. The summed E-state index contributed by atoms with van der Waals surface area (Å²) in [6.07, 6.45) is 5.35. The number of carbonyl (C=O) groups excluding carboxylic acids is 1. The number of hydrogen-bond acceptors (Lipinski definition) is 2. The zero-order valence-electron chi connectivity index (χ0n) is 12.0. The van der Waals surface area contributed by atoms with Crippen molar-refractivity contribution in [1.82, 2.24) is 4.90 Å². The third-order valence-corrected chi connectivity index (χ3v) is 3.02. The Balaban J connectivity index is 1.88. The molecule has 0 saturated heterocycles. The lowest BCUT2D eigenvalue weighted by Crippen LogP contribution is -2.29. The van der Waals surface area contributed by atoms with Crippen LogP contribution in [0.15, 0.2) is 54.6 Å². The number of likely N-dealkylation sites (N-methyl/N-ethyl adjacent to an activating group) is 1. The maximum atomic E-state index is 12.0. The van der Waals surface area contributed by atoms with E-state index in [0.29, 0.717) is 6.54 Å². The van der Waals surface area contributed by atoms with Crippen LogP contribution in [0.2, 0.25) is 0 Å². The minimum Gasteiger partial charge on any atom is -0.325 e. The molecule has 0 aliphatic rings. The van der Waals surface area contributed by atoms with Crippen LogP contribution in [0, 0.1) is 12.3 Å². The van der Waals surface area contributed by atoms with Crippen LogP contribution in [0.25, 0.3) is 0 Å². The van der Waals surface area contributed by atoms with Crippen LogP contribution in [-0.4, -0.2) is 24.4 Å². The highest BCUT2D eigenvalue weighted by Gasteiger charge is 2.07. The molecule has 1 amide bonds. The summed E-state index contributed by atoms with van der Waals surface area (Å²) < 4.78 is 0. The lowest BCUT2D eigenvalue weighted by atomic mass is 10.2. The van der Waals surface area contributed by atoms with Crippen LogP contribution in [-0.2, 0) is 11.3 Å². The van der Waals surface area contributed by atoms with Crippen molar-refractivity contribution in [2.24, 2.45) is 0 Å². The van der Waals surface area contributed by atoms with E-state index in [9.17, 15) is 4.79 Å². The van der Waals surface area contributed by atoms with Gasteiger partial charge in [0.1, 0.15) is 0 Å². The molecule has 0 bridgehead atoms. The van der Waals surface area contributed by atoms with Gasteiger partial charge in [-0.05, 0) is 30.8 Å². The second-order valence-electron chi connectivity index (χ2n) is 4.93. The summed E-state index contributed by atoms with van der Waals surface area (Å²) >= 11 is 0. The van der Waals surface area contributed by atoms with Gasteiger partial charge >= 0.3 is 0 Å². The molecule has 3 heteroatoms. The summed E-state index contributed by atoms with van der Waals surface area (Å²) in [6.45, 7) is 1.06. The Hall–Kier alpha value is -2.57. The van der Waals surface area contributed by atoms with Gasteiger partial charge in [-0.1, -0.05) is 42.3 Å². The van der Waals surface area contributed by atoms with E-state index < -0.39 is 0 Å². The van der Waals surface area contributed by atoms with Crippen LogP contribution in [0.4, 0.5) is 5.69 Å². The van der Waals surface area contributed by atoms with Crippen LogP contribution in [0.5, 0.6) is 0 Å². The zero-order valence-corrected chi connectivity index (χ0v) is 12.0. The molecule has 0 spiro atoms. The van der Waals surface area contributed by atoms with E-state index in [1.807, 2.05) is 60.5 Å². The van der Waals surface area contributed by atoms with Crippen LogP contribution in [0.3, 0.4) is 0 Å². The Morgan fingerprint density at radius 3 is 2.67 bits per heavy atom. The SMILES string of the molecule is C#Cc1cccc(NC(=O)CN(C)Cc2ccccc2)c1. The van der Waals surface area contributed by atoms with E-state index >= 15 is 0 Å². The average molecular weight is 278 g/mol. The van der Waals surface area contributed by atoms with Gasteiger partial charge in [0, 0.05) is 17.8 Å². The van der Waals surface area contributed by atoms with Crippen molar-refractivity contribution in [3.63, 3.8) is 0 Å². The molecular formula is C18H18N2O. The first-order valence-corrected chi connectivity index (χ1v) is 6.76. The van der Waals surface area contributed by atoms with E-state index in [4.69, 9.17) is 6.42 Å². The fourth-order valence-corrected chi connectivity index (χ4v) is 2.08. The van der Waals surface area contributed by atoms with Crippen molar-refractivity contribution in [1.29, 1.82) is 0 Å². The minimum absolute atomic E-state index is 0.0531. The number of nitrogens with one attached hydrogen (secondary N) is 1. The van der Waals surface area contributed by atoms with Gasteiger partial charge in [0.15, 0.2) is 0 Å². The highest BCUT2D eigenvalue weighted by Crippen LogP contribution is 2.10. The third-order valence-electron chi connectivity index (χ3n) is 3.02. The molecule has 106 valence electrons. The van der Waals surface area contributed by atoms with Crippen molar-refractivity contribution >= 4 is 11.6 Å². The van der Waals surface area contributed by atoms with Crippen LogP contribution >= 0.6 is 0 Å². The summed E-state index contributed by atoms with van der Waals surface area (Å²) in [5, 5.41) is 2.86. The first kappa shape index (κ1) is 14.8. The molecule has 0 heterocycles. The van der Waals surface area contributed by atoms with E-state index in [1.54, 1.807) is 6.07 Å². The molecule has 0 radical (unpaired) electrons. The smallest absolute Gasteiger partial charge is 0.238 e. The number of nitrogens with zero attached hydrogens (tertiary/aromatic N) is 1. The standard InChI is InChI=1S/C18H18N2O/c1-3-15-10-7-11-17(12-15)19-18(21)14-20(2)13-16-8-5-4-6-9-16/h1,4-12H,13-14H2,2H3,(H,19,21). The van der Waals surface area contributed by atoms with Gasteiger partial charge in [-0.3, -0.25) is 9.69 Å². The lowest BCUT2D eigenvalue weighted by molar-refractivity contribution is -0.117. The molecule has 0 unspecified atom stereocenters. The van der Waals surface area contributed by atoms with Crippen molar-refractivity contribution in [3.8, 4) is 12.3 Å². The monoisotopic (exact) mass is 278 g/mol. The van der Waals surface area contributed by atoms with Crippen LogP contribution < -0.4 is 5.32 Å². The van der Waals surface area contributed by atoms with Gasteiger partial charge in [0.05, 0.1) is 6.54 Å². The number of carbonyl (C=O) groups is 1. The summed E-state index contributed by atoms with van der Waals surface area (Å²) in [4.78, 5) is 14.0. The predicted molar refractivity (Wildman–Crippen MR) is 85.8 cm³/mol. The second kappa shape index (κ2) is 7.28. The van der Waals surface area contributed by atoms with E-state index in [2.05, 4.69) is 11.2 Å². The maximum absolute atomic E-state index is 12.0. The van der Waals surface area contributed by atoms with E-state index in [-0.39, 0.29) is 5.91 Å². The number of benzene rings is 2. The summed E-state index contributed by atoms with van der Waals surface area (Å²) in [6, 6.07) is 17.3. The first-order valence-electron chi connectivity index (χ1n) is 6.76. The molecule has 0 fully saturated rings. The number of rotatable bonds is 5. The molecule has 0 aliphatic heterocycles. The molecular weight excluding hydrogens is 260 g/mol. The van der Waals surface area contributed by atoms with E-state index in [0.717, 1.165) is 17.8 Å². The summed E-state index contributed by atoms with van der Waals surface area (Å²) in [5.74, 6) is 2.50. The number of amides is 1. The normalized spacial score (nSPS) is 10.1. The van der Waals surface area contributed by atoms with Gasteiger partial charge in [-0.15, -0.1) is 6.42 Å². The van der Waals surface area contributed by atoms with Crippen molar-refractivity contribution < 1.29 is 4.79 Å². The second-order valence-corrected chi connectivity index (χ2v) is 4.93. The Morgan fingerprint density at radius 2 is 1.95 bits per heavy atom. The molecule has 0 aliphatic carbocycles. The first-order chi connectivity index (χ1) is 10.2. The van der Waals surface area contributed by atoms with E-state index in [1.165, 1.54) is 5.56 Å². The maximum Gasteiger partial charge on any atom is 0.238 e. The van der Waals surface area contributed by atoms with Crippen LogP contribution in [0.1, 0.15) is 11.1 Å². The quantitative estimate of drug-likeness (QED) is 0.853. The van der Waals surface area contributed by atoms with Gasteiger partial charge in [0.25, 0.3) is 0 Å². The molecule has 2 aromatic carbocycles. The number of terminal acetylenes is 1. The molecule has 0 saturated carbocycles. The highest BCUT2D eigenvalue weighted by molar-refractivity contribution is 5.92. The van der Waals surface area contributed by atoms with Crippen molar-refractivity contribution in [2.45, 2.75) is 6.54 Å². The molecule has 2 aromatic rings. The van der Waals surface area contributed by atoms with Gasteiger partial charge < -0.3 is 5.32 Å². The van der Waals surface area contributed by atoms with Gasteiger partial charge in [-0.25, -0.2) is 0 Å². The fraction of sp³-hybridized carbons (Fsp3) is 0.167. The lowest BCUT2D eigenvalue weighted by Gasteiger charge is -2.16. The largest absolute Gasteiger partial charge is 0.325 e. The molecule has 2 rings (SSSR count). The Bertz CT molecular complexity index is 644. The molecule has 3 nitrogen and oxygen atoms in total. The topological polar surface area (TPSA) is 32.3 Å². The Kier molecular flexibility index (Phi) is 5.14. The number of anilines is 1. The van der Waals surface area contributed by atoms with Gasteiger partial charge in [-0.2, -0.15) is 0 Å². The minimum atomic E-state index is -0.0531. The predicted octanol–water partition coefficient (Wildman–Crippen LogP) is 2.74. The summed E-state index contributed by atoms with van der Waals surface area (Å²) in [5.41, 5.74) is 2.66. The zero-order chi connectivity index (χ0) is 15.1. The number of hydrogen-bond donors (Lipinski definition) is 1. The molecule has 0 aromatic heterocycles. The summed E-state index contributed by atoms with van der Waals surface area (Å²) in [7, 11) is 1.92. The molecule has 1 N–H and O–H groups in total. The Labute approximate surface area is 125 Å².